The van der Waals surface area contributed by atoms with Crippen LogP contribution in [0.5, 0.6) is 0 Å². The first-order valence-electron chi connectivity index (χ1n) is 5.74. The van der Waals surface area contributed by atoms with Crippen LogP contribution in [0.4, 0.5) is 13.2 Å². The Labute approximate surface area is 89.4 Å². The molecule has 1 N–H and O–H groups in total. The van der Waals surface area contributed by atoms with Gasteiger partial charge in [0.2, 0.25) is 0 Å². The van der Waals surface area contributed by atoms with E-state index in [9.17, 15) is 13.2 Å². The molecule has 1 nitrogen and oxygen atoms in total. The number of alkyl halides is 3. The van der Waals surface area contributed by atoms with Crippen molar-refractivity contribution in [3.63, 3.8) is 0 Å². The third-order valence-corrected chi connectivity index (χ3v) is 3.28. The summed E-state index contributed by atoms with van der Waals surface area (Å²) < 4.78 is 37.1. The molecule has 1 aliphatic rings. The summed E-state index contributed by atoms with van der Waals surface area (Å²) in [6, 6.07) is 0. The normalized spacial score (nSPS) is 21.6. The Morgan fingerprint density at radius 2 is 1.80 bits per heavy atom. The zero-order valence-electron chi connectivity index (χ0n) is 9.24. The Morgan fingerprint density at radius 1 is 1.20 bits per heavy atom. The fourth-order valence-corrected chi connectivity index (χ4v) is 2.57. The maximum absolute atomic E-state index is 12.4. The van der Waals surface area contributed by atoms with E-state index in [1.165, 1.54) is 6.42 Å². The van der Waals surface area contributed by atoms with E-state index in [0.29, 0.717) is 6.54 Å². The van der Waals surface area contributed by atoms with Gasteiger partial charge >= 0.3 is 6.18 Å². The van der Waals surface area contributed by atoms with Gasteiger partial charge in [-0.1, -0.05) is 32.1 Å². The molecule has 0 unspecified atom stereocenters. The lowest BCUT2D eigenvalue weighted by molar-refractivity contribution is -0.149. The Bertz CT molecular complexity index is 173. The fourth-order valence-electron chi connectivity index (χ4n) is 2.57. The Hall–Kier alpha value is -0.250. The van der Waals surface area contributed by atoms with Gasteiger partial charge in [0.05, 0.1) is 0 Å². The van der Waals surface area contributed by atoms with Crippen molar-refractivity contribution in [2.45, 2.75) is 44.7 Å². The average molecular weight is 223 g/mol. The molecule has 0 bridgehead atoms. The summed E-state index contributed by atoms with van der Waals surface area (Å²) in [5.41, 5.74) is 0. The van der Waals surface area contributed by atoms with Crippen molar-refractivity contribution >= 4 is 0 Å². The zero-order chi connectivity index (χ0) is 11.3. The van der Waals surface area contributed by atoms with Gasteiger partial charge in [0.15, 0.2) is 0 Å². The molecule has 1 aliphatic carbocycles. The Morgan fingerprint density at radius 3 is 2.27 bits per heavy atom. The third-order valence-electron chi connectivity index (χ3n) is 3.28. The van der Waals surface area contributed by atoms with Crippen LogP contribution in [0.25, 0.3) is 0 Å². The SMILES string of the molecule is CNC[C@H](CC(F)(F)F)C1CCCCC1. The molecular weight excluding hydrogens is 203 g/mol. The van der Waals surface area contributed by atoms with Gasteiger partial charge in [-0.25, -0.2) is 0 Å². The van der Waals surface area contributed by atoms with Gasteiger partial charge in [0, 0.05) is 6.42 Å². The van der Waals surface area contributed by atoms with Crippen LogP contribution in [-0.2, 0) is 0 Å². The molecule has 15 heavy (non-hydrogen) atoms. The maximum atomic E-state index is 12.4. The van der Waals surface area contributed by atoms with Gasteiger partial charge < -0.3 is 5.32 Å². The number of rotatable bonds is 4. The monoisotopic (exact) mass is 223 g/mol. The van der Waals surface area contributed by atoms with Crippen molar-refractivity contribution < 1.29 is 13.2 Å². The molecule has 0 heterocycles. The summed E-state index contributed by atoms with van der Waals surface area (Å²) in [7, 11) is 1.73. The molecule has 1 atom stereocenters. The summed E-state index contributed by atoms with van der Waals surface area (Å²) in [5, 5.41) is 2.89. The highest BCUT2D eigenvalue weighted by molar-refractivity contribution is 4.77. The minimum absolute atomic E-state index is 0.227. The van der Waals surface area contributed by atoms with Crippen LogP contribution in [0.2, 0.25) is 0 Å². The minimum Gasteiger partial charge on any atom is -0.319 e. The van der Waals surface area contributed by atoms with E-state index < -0.39 is 12.6 Å². The van der Waals surface area contributed by atoms with Gasteiger partial charge in [-0.05, 0) is 25.4 Å². The first kappa shape index (κ1) is 12.8. The van der Waals surface area contributed by atoms with E-state index in [0.717, 1.165) is 25.7 Å². The molecule has 0 radical (unpaired) electrons. The third kappa shape index (κ3) is 4.87. The first-order valence-corrected chi connectivity index (χ1v) is 5.74. The maximum Gasteiger partial charge on any atom is 0.389 e. The second-order valence-corrected chi connectivity index (χ2v) is 4.54. The highest BCUT2D eigenvalue weighted by atomic mass is 19.4. The van der Waals surface area contributed by atoms with Crippen LogP contribution in [0.1, 0.15) is 38.5 Å². The number of nitrogens with one attached hydrogen (secondary N) is 1. The van der Waals surface area contributed by atoms with Gasteiger partial charge in [-0.15, -0.1) is 0 Å². The Kier molecular flexibility index (Phi) is 4.90. The van der Waals surface area contributed by atoms with E-state index in [4.69, 9.17) is 0 Å². The van der Waals surface area contributed by atoms with Crippen molar-refractivity contribution in [2.24, 2.45) is 11.8 Å². The number of hydrogen-bond donors (Lipinski definition) is 1. The molecular formula is C11H20F3N. The molecule has 1 rings (SSSR count). The molecule has 0 aromatic carbocycles. The van der Waals surface area contributed by atoms with Gasteiger partial charge in [-0.3, -0.25) is 0 Å². The van der Waals surface area contributed by atoms with E-state index in [-0.39, 0.29) is 11.8 Å². The minimum atomic E-state index is -4.01. The molecule has 4 heteroatoms. The summed E-state index contributed by atoms with van der Waals surface area (Å²) in [5.74, 6) is 0.0446. The predicted octanol–water partition coefficient (Wildman–Crippen LogP) is 3.35. The Balaban J connectivity index is 2.47. The van der Waals surface area contributed by atoms with Crippen LogP contribution in [0, 0.1) is 11.8 Å². The summed E-state index contributed by atoms with van der Waals surface area (Å²) in [6.45, 7) is 0.490. The van der Waals surface area contributed by atoms with Gasteiger partial charge in [0.1, 0.15) is 0 Å². The number of hydrogen-bond acceptors (Lipinski definition) is 1. The van der Waals surface area contributed by atoms with Gasteiger partial charge in [0.25, 0.3) is 0 Å². The van der Waals surface area contributed by atoms with Crippen molar-refractivity contribution in [3.05, 3.63) is 0 Å². The molecule has 1 saturated carbocycles. The summed E-state index contributed by atoms with van der Waals surface area (Å²) >= 11 is 0. The van der Waals surface area contributed by atoms with E-state index in [1.54, 1.807) is 7.05 Å². The second kappa shape index (κ2) is 5.73. The van der Waals surface area contributed by atoms with Crippen molar-refractivity contribution in [1.29, 1.82) is 0 Å². The largest absolute Gasteiger partial charge is 0.389 e. The van der Waals surface area contributed by atoms with E-state index in [1.807, 2.05) is 0 Å². The summed E-state index contributed by atoms with van der Waals surface area (Å²) in [4.78, 5) is 0. The zero-order valence-corrected chi connectivity index (χ0v) is 9.24. The first-order chi connectivity index (χ1) is 7.03. The molecule has 1 fully saturated rings. The van der Waals surface area contributed by atoms with Crippen LogP contribution in [0.3, 0.4) is 0 Å². The molecule has 0 aromatic heterocycles. The standard InChI is InChI=1S/C11H20F3N/c1-15-8-10(7-11(12,13)14)9-5-3-2-4-6-9/h9-10,15H,2-8H2,1H3/t10-/m0/s1. The molecule has 0 aliphatic heterocycles. The topological polar surface area (TPSA) is 12.0 Å². The molecule has 0 amide bonds. The van der Waals surface area contributed by atoms with Crippen molar-refractivity contribution in [1.82, 2.24) is 5.32 Å². The average Bonchev–Trinajstić information content (AvgIpc) is 2.17. The quantitative estimate of drug-likeness (QED) is 0.770. The lowest BCUT2D eigenvalue weighted by Gasteiger charge is -2.30. The second-order valence-electron chi connectivity index (χ2n) is 4.54. The lowest BCUT2D eigenvalue weighted by atomic mass is 9.78. The van der Waals surface area contributed by atoms with Crippen LogP contribution in [-0.4, -0.2) is 19.8 Å². The highest BCUT2D eigenvalue weighted by Crippen LogP contribution is 2.36. The molecule has 0 saturated heterocycles. The van der Waals surface area contributed by atoms with Crippen LogP contribution in [0.15, 0.2) is 0 Å². The number of halogens is 3. The smallest absolute Gasteiger partial charge is 0.319 e. The van der Waals surface area contributed by atoms with Gasteiger partial charge in [-0.2, -0.15) is 13.2 Å². The molecule has 90 valence electrons. The fraction of sp³-hybridized carbons (Fsp3) is 1.00. The molecule has 0 aromatic rings. The molecule has 0 spiro atoms. The van der Waals surface area contributed by atoms with Crippen LogP contribution < -0.4 is 5.32 Å². The van der Waals surface area contributed by atoms with E-state index >= 15 is 0 Å². The van der Waals surface area contributed by atoms with Crippen LogP contribution >= 0.6 is 0 Å². The highest BCUT2D eigenvalue weighted by Gasteiger charge is 2.35. The van der Waals surface area contributed by atoms with Crippen molar-refractivity contribution in [3.8, 4) is 0 Å². The lowest BCUT2D eigenvalue weighted by Crippen LogP contribution is -2.31. The van der Waals surface area contributed by atoms with E-state index in [2.05, 4.69) is 5.32 Å². The summed E-state index contributed by atoms with van der Waals surface area (Å²) in [6.07, 6.45) is 0.697. The predicted molar refractivity (Wildman–Crippen MR) is 54.7 cm³/mol. The van der Waals surface area contributed by atoms with Crippen molar-refractivity contribution in [2.75, 3.05) is 13.6 Å².